The van der Waals surface area contributed by atoms with E-state index >= 15 is 0 Å². The normalized spacial score (nSPS) is 11.9. The van der Waals surface area contributed by atoms with Gasteiger partial charge in [0.05, 0.1) is 34.9 Å². The number of fused-ring (bicyclic) bond motifs is 1. The third-order valence-corrected chi connectivity index (χ3v) is 4.86. The average Bonchev–Trinajstić information content (AvgIpc) is 3.24. The van der Waals surface area contributed by atoms with Gasteiger partial charge >= 0.3 is 12.4 Å². The highest BCUT2D eigenvalue weighted by atomic mass is 19.4. The van der Waals surface area contributed by atoms with Crippen LogP contribution in [0, 0.1) is 11.3 Å². The highest BCUT2D eigenvalue weighted by molar-refractivity contribution is 6.05. The number of carbonyl (C=O) groups excluding carboxylic acids is 1. The molecule has 4 aromatic rings. The summed E-state index contributed by atoms with van der Waals surface area (Å²) in [7, 11) is 0. The molecule has 35 heavy (non-hydrogen) atoms. The summed E-state index contributed by atoms with van der Waals surface area (Å²) in [6.45, 7) is 0. The zero-order valence-corrected chi connectivity index (χ0v) is 17.0. The van der Waals surface area contributed by atoms with Gasteiger partial charge in [0.25, 0.3) is 11.5 Å². The first kappa shape index (κ1) is 23.5. The number of carbonyl (C=O) groups is 1. The number of aromatic nitrogens is 4. The quantitative estimate of drug-likeness (QED) is 0.415. The molecule has 1 amide bonds. The number of hydrogen-bond acceptors (Lipinski definition) is 5. The van der Waals surface area contributed by atoms with Crippen LogP contribution >= 0.6 is 0 Å². The standard InChI is InChI=1S/C21H10F6N6O2/c22-20(23,24)14-6-10(8-30-15(14)7-28)32-19(35)13-9-31-33(17(13)21(25,26)27)16-3-1-2-12-11(16)4-5-29-18(12)34/h1-6,8-9H,(H,29,34)(H,32,35). The van der Waals surface area contributed by atoms with E-state index in [2.05, 4.69) is 15.1 Å². The van der Waals surface area contributed by atoms with Crippen LogP contribution in [0.15, 0.2) is 53.7 Å². The third kappa shape index (κ3) is 4.31. The number of aromatic amines is 1. The van der Waals surface area contributed by atoms with Crippen LogP contribution in [-0.4, -0.2) is 25.7 Å². The molecule has 0 bridgehead atoms. The Morgan fingerprint density at radius 1 is 1.06 bits per heavy atom. The zero-order chi connectivity index (χ0) is 25.5. The second-order valence-corrected chi connectivity index (χ2v) is 7.05. The van der Waals surface area contributed by atoms with Crippen LogP contribution in [0.5, 0.6) is 0 Å². The molecule has 0 saturated carbocycles. The molecule has 2 N–H and O–H groups in total. The van der Waals surface area contributed by atoms with Crippen molar-refractivity contribution in [1.82, 2.24) is 19.7 Å². The smallest absolute Gasteiger partial charge is 0.329 e. The van der Waals surface area contributed by atoms with Crippen molar-refractivity contribution in [3.63, 3.8) is 0 Å². The number of amides is 1. The second-order valence-electron chi connectivity index (χ2n) is 7.05. The number of hydrogen-bond donors (Lipinski definition) is 2. The molecule has 0 aliphatic carbocycles. The number of rotatable bonds is 3. The maximum atomic E-state index is 14.0. The van der Waals surface area contributed by atoms with E-state index in [1.54, 1.807) is 0 Å². The minimum Gasteiger partial charge on any atom is -0.329 e. The lowest BCUT2D eigenvalue weighted by Crippen LogP contribution is -2.21. The molecule has 0 atom stereocenters. The van der Waals surface area contributed by atoms with Crippen LogP contribution < -0.4 is 10.9 Å². The van der Waals surface area contributed by atoms with Crippen LogP contribution in [0.2, 0.25) is 0 Å². The molecular weight excluding hydrogens is 482 g/mol. The number of nitrogens with zero attached hydrogens (tertiary/aromatic N) is 4. The molecule has 0 spiro atoms. The molecule has 8 nitrogen and oxygen atoms in total. The minimum atomic E-state index is -5.12. The van der Waals surface area contributed by atoms with Crippen LogP contribution in [0.25, 0.3) is 16.5 Å². The summed E-state index contributed by atoms with van der Waals surface area (Å²) >= 11 is 0. The summed E-state index contributed by atoms with van der Waals surface area (Å²) in [6, 6.07) is 6.97. The van der Waals surface area contributed by atoms with Gasteiger partial charge in [-0.25, -0.2) is 9.67 Å². The lowest BCUT2D eigenvalue weighted by Gasteiger charge is -2.14. The topological polar surface area (TPSA) is 116 Å². The Bertz CT molecular complexity index is 1560. The number of anilines is 1. The SMILES string of the molecule is N#Cc1ncc(NC(=O)c2cnn(-c3cccc4c(=O)[nH]ccc34)c2C(F)(F)F)cc1C(F)(F)F. The van der Waals surface area contributed by atoms with E-state index < -0.39 is 52.0 Å². The van der Waals surface area contributed by atoms with Gasteiger partial charge in [-0.05, 0) is 24.3 Å². The molecule has 1 aromatic carbocycles. The summed E-state index contributed by atoms with van der Waals surface area (Å²) in [5.41, 5.74) is -6.23. The van der Waals surface area contributed by atoms with Crippen LogP contribution in [0.3, 0.4) is 0 Å². The van der Waals surface area contributed by atoms with Gasteiger partial charge in [0, 0.05) is 17.0 Å². The molecule has 178 valence electrons. The Labute approximate surface area is 190 Å². The van der Waals surface area contributed by atoms with E-state index in [1.807, 2.05) is 5.32 Å². The van der Waals surface area contributed by atoms with Gasteiger partial charge in [0.15, 0.2) is 11.4 Å². The van der Waals surface area contributed by atoms with Crippen LogP contribution in [0.4, 0.5) is 32.0 Å². The predicted octanol–water partition coefficient (Wildman–Crippen LogP) is 4.27. The zero-order valence-electron chi connectivity index (χ0n) is 17.0. The summed E-state index contributed by atoms with van der Waals surface area (Å²) in [6.07, 6.45) is -7.57. The first-order valence-electron chi connectivity index (χ1n) is 9.46. The molecule has 0 aliphatic rings. The average molecular weight is 492 g/mol. The van der Waals surface area contributed by atoms with Gasteiger partial charge in [-0.1, -0.05) is 6.07 Å². The number of nitrogens with one attached hydrogen (secondary N) is 2. The molecule has 0 aliphatic heterocycles. The fraction of sp³-hybridized carbons (Fsp3) is 0.0952. The minimum absolute atomic E-state index is 0.0722. The fourth-order valence-corrected chi connectivity index (χ4v) is 3.40. The third-order valence-electron chi connectivity index (χ3n) is 4.86. The lowest BCUT2D eigenvalue weighted by atomic mass is 10.1. The molecule has 3 aromatic heterocycles. The van der Waals surface area contributed by atoms with Gasteiger partial charge in [0.1, 0.15) is 6.07 Å². The number of nitriles is 1. The molecule has 14 heteroatoms. The highest BCUT2D eigenvalue weighted by Gasteiger charge is 2.41. The van der Waals surface area contributed by atoms with E-state index in [4.69, 9.17) is 5.26 Å². The number of halogens is 6. The van der Waals surface area contributed by atoms with Crippen LogP contribution in [-0.2, 0) is 12.4 Å². The van der Waals surface area contributed by atoms with E-state index in [1.165, 1.54) is 36.5 Å². The lowest BCUT2D eigenvalue weighted by molar-refractivity contribution is -0.143. The first-order chi connectivity index (χ1) is 16.4. The monoisotopic (exact) mass is 492 g/mol. The summed E-state index contributed by atoms with van der Waals surface area (Å²) in [4.78, 5) is 30.4. The Kier molecular flexibility index (Phi) is 5.55. The van der Waals surface area contributed by atoms with Crippen molar-refractivity contribution in [3.8, 4) is 11.8 Å². The summed E-state index contributed by atoms with van der Waals surface area (Å²) in [5.74, 6) is -1.42. The van der Waals surface area contributed by atoms with Crippen molar-refractivity contribution in [1.29, 1.82) is 5.26 Å². The maximum absolute atomic E-state index is 14.0. The largest absolute Gasteiger partial charge is 0.434 e. The second kappa shape index (κ2) is 8.28. The van der Waals surface area contributed by atoms with Crippen molar-refractivity contribution < 1.29 is 31.1 Å². The number of alkyl halides is 6. The Hall–Kier alpha value is -4.67. The molecular formula is C21H10F6N6O2. The van der Waals surface area contributed by atoms with Gasteiger partial charge < -0.3 is 10.3 Å². The molecule has 0 fully saturated rings. The molecule has 0 saturated heterocycles. The van der Waals surface area contributed by atoms with Gasteiger partial charge in [-0.2, -0.15) is 36.7 Å². The van der Waals surface area contributed by atoms with E-state index in [0.717, 1.165) is 0 Å². The van der Waals surface area contributed by atoms with Crippen molar-refractivity contribution in [2.45, 2.75) is 12.4 Å². The molecule has 0 unspecified atom stereocenters. The summed E-state index contributed by atoms with van der Waals surface area (Å²) in [5, 5.41) is 14.6. The van der Waals surface area contributed by atoms with Crippen molar-refractivity contribution in [2.24, 2.45) is 0 Å². The van der Waals surface area contributed by atoms with Gasteiger partial charge in [-0.15, -0.1) is 0 Å². The van der Waals surface area contributed by atoms with E-state index in [9.17, 15) is 35.9 Å². The van der Waals surface area contributed by atoms with Crippen molar-refractivity contribution >= 4 is 22.4 Å². The Balaban J connectivity index is 1.81. The first-order valence-corrected chi connectivity index (χ1v) is 9.46. The van der Waals surface area contributed by atoms with Crippen LogP contribution in [0.1, 0.15) is 27.3 Å². The van der Waals surface area contributed by atoms with E-state index in [0.29, 0.717) is 23.1 Å². The number of benzene rings is 1. The number of pyridine rings is 2. The molecule has 3 heterocycles. The predicted molar refractivity (Wildman–Crippen MR) is 109 cm³/mol. The highest BCUT2D eigenvalue weighted by Crippen LogP contribution is 2.36. The van der Waals surface area contributed by atoms with Gasteiger partial charge in [0.2, 0.25) is 0 Å². The maximum Gasteiger partial charge on any atom is 0.434 e. The number of H-pyrrole nitrogens is 1. The Morgan fingerprint density at radius 3 is 2.46 bits per heavy atom. The molecule has 0 radical (unpaired) electrons. The molecule has 4 rings (SSSR count). The van der Waals surface area contributed by atoms with Gasteiger partial charge in [-0.3, -0.25) is 9.59 Å². The fourth-order valence-electron chi connectivity index (χ4n) is 3.40. The van der Waals surface area contributed by atoms with Crippen molar-refractivity contribution in [2.75, 3.05) is 5.32 Å². The van der Waals surface area contributed by atoms with Crippen molar-refractivity contribution in [3.05, 3.63) is 81.8 Å². The van der Waals surface area contributed by atoms with E-state index in [-0.39, 0.29) is 16.5 Å². The summed E-state index contributed by atoms with van der Waals surface area (Å²) < 4.78 is 81.9. The Morgan fingerprint density at radius 2 is 1.80 bits per heavy atom.